The van der Waals surface area contributed by atoms with Crippen LogP contribution in [0, 0.1) is 11.3 Å². The summed E-state index contributed by atoms with van der Waals surface area (Å²) in [6, 6.07) is 2.47. The van der Waals surface area contributed by atoms with Gasteiger partial charge >= 0.3 is 0 Å². The molecule has 1 aliphatic rings. The first kappa shape index (κ1) is 9.22. The molecule has 1 aromatic rings. The minimum Gasteiger partial charge on any atom is -0.379 e. The maximum Gasteiger partial charge on any atom is 0.0753 e. The monoisotopic (exact) mass is 191 g/mol. The number of hydrogen-bond acceptors (Lipinski definition) is 3. The summed E-state index contributed by atoms with van der Waals surface area (Å²) in [5, 5.41) is 12.8. The average Bonchev–Trinajstić information content (AvgIpc) is 2.68. The van der Waals surface area contributed by atoms with E-state index in [0.717, 1.165) is 31.6 Å². The lowest BCUT2D eigenvalue weighted by Crippen LogP contribution is -2.21. The van der Waals surface area contributed by atoms with Crippen molar-refractivity contribution in [3.63, 3.8) is 0 Å². The van der Waals surface area contributed by atoms with E-state index < -0.39 is 0 Å². The Morgan fingerprint density at radius 2 is 2.64 bits per heavy atom. The summed E-state index contributed by atoms with van der Waals surface area (Å²) in [6.45, 7) is 1.61. The Hall–Kier alpha value is -1.34. The molecule has 74 valence electrons. The fourth-order valence-electron chi connectivity index (χ4n) is 1.69. The Balaban J connectivity index is 2.04. The van der Waals surface area contributed by atoms with Crippen LogP contribution in [-0.4, -0.2) is 23.0 Å². The first-order valence-corrected chi connectivity index (χ1v) is 4.88. The molecule has 0 bridgehead atoms. The third kappa shape index (κ3) is 1.94. The van der Waals surface area contributed by atoms with Gasteiger partial charge in [0.2, 0.25) is 0 Å². The van der Waals surface area contributed by atoms with Crippen molar-refractivity contribution in [3.05, 3.63) is 18.0 Å². The molecule has 0 saturated carbocycles. The number of aromatic nitrogens is 2. The summed E-state index contributed by atoms with van der Waals surface area (Å²) in [5.41, 5.74) is 0.984. The van der Waals surface area contributed by atoms with E-state index in [2.05, 4.69) is 11.2 Å². The first-order valence-electron chi connectivity index (χ1n) is 4.88. The second-order valence-electron chi connectivity index (χ2n) is 3.53. The van der Waals surface area contributed by atoms with Gasteiger partial charge in [0.1, 0.15) is 0 Å². The van der Waals surface area contributed by atoms with Gasteiger partial charge in [-0.2, -0.15) is 10.4 Å². The fourth-order valence-corrected chi connectivity index (χ4v) is 1.69. The van der Waals surface area contributed by atoms with Crippen LogP contribution in [0.3, 0.4) is 0 Å². The van der Waals surface area contributed by atoms with Gasteiger partial charge in [0, 0.05) is 18.4 Å². The van der Waals surface area contributed by atoms with Gasteiger partial charge in [-0.25, -0.2) is 0 Å². The van der Waals surface area contributed by atoms with Crippen molar-refractivity contribution in [2.24, 2.45) is 0 Å². The van der Waals surface area contributed by atoms with Crippen molar-refractivity contribution < 1.29 is 4.74 Å². The molecule has 1 unspecified atom stereocenters. The summed E-state index contributed by atoms with van der Waals surface area (Å²) in [6.07, 6.45) is 6.36. The molecule has 0 aromatic carbocycles. The summed E-state index contributed by atoms with van der Waals surface area (Å²) in [7, 11) is 0. The molecule has 0 radical (unpaired) electrons. The number of nitriles is 1. The summed E-state index contributed by atoms with van der Waals surface area (Å²) >= 11 is 0. The quantitative estimate of drug-likeness (QED) is 0.708. The highest BCUT2D eigenvalue weighted by Crippen LogP contribution is 2.18. The van der Waals surface area contributed by atoms with E-state index in [1.165, 1.54) is 0 Å². The minimum atomic E-state index is 0.358. The highest BCUT2D eigenvalue weighted by molar-refractivity contribution is 5.09. The zero-order valence-corrected chi connectivity index (χ0v) is 8.02. The molecule has 4 nitrogen and oxygen atoms in total. The highest BCUT2D eigenvalue weighted by Gasteiger charge is 2.16. The molecule has 4 heteroatoms. The van der Waals surface area contributed by atoms with Crippen LogP contribution in [0.25, 0.3) is 0 Å². The second-order valence-corrected chi connectivity index (χ2v) is 3.53. The van der Waals surface area contributed by atoms with Gasteiger partial charge in [-0.3, -0.25) is 4.68 Å². The third-order valence-corrected chi connectivity index (χ3v) is 2.45. The SMILES string of the molecule is N#CCc1cnn(C2CCCOC2)c1. The van der Waals surface area contributed by atoms with Crippen LogP contribution >= 0.6 is 0 Å². The molecule has 1 fully saturated rings. The lowest BCUT2D eigenvalue weighted by atomic mass is 10.1. The molecule has 0 spiro atoms. The zero-order chi connectivity index (χ0) is 9.80. The fraction of sp³-hybridized carbons (Fsp3) is 0.600. The molecule has 1 atom stereocenters. The smallest absolute Gasteiger partial charge is 0.0753 e. The molecular formula is C10H13N3O. The zero-order valence-electron chi connectivity index (χ0n) is 8.02. The Bertz CT molecular complexity index is 333. The number of ether oxygens (including phenoxy) is 1. The van der Waals surface area contributed by atoms with E-state index >= 15 is 0 Å². The van der Waals surface area contributed by atoms with Crippen LogP contribution in [0.4, 0.5) is 0 Å². The molecule has 0 N–H and O–H groups in total. The maximum absolute atomic E-state index is 8.53. The Labute approximate surface area is 83.1 Å². The van der Waals surface area contributed by atoms with Crippen LogP contribution < -0.4 is 0 Å². The van der Waals surface area contributed by atoms with Crippen molar-refractivity contribution in [3.8, 4) is 6.07 Å². The van der Waals surface area contributed by atoms with Gasteiger partial charge in [-0.05, 0) is 12.8 Å². The second kappa shape index (κ2) is 4.25. The number of rotatable bonds is 2. The van der Waals surface area contributed by atoms with Crippen molar-refractivity contribution in [2.45, 2.75) is 25.3 Å². The van der Waals surface area contributed by atoms with Gasteiger partial charge in [0.25, 0.3) is 0 Å². The van der Waals surface area contributed by atoms with Gasteiger partial charge in [-0.15, -0.1) is 0 Å². The lowest BCUT2D eigenvalue weighted by Gasteiger charge is -2.22. The Morgan fingerprint density at radius 3 is 3.36 bits per heavy atom. The van der Waals surface area contributed by atoms with Crippen LogP contribution in [0.15, 0.2) is 12.4 Å². The van der Waals surface area contributed by atoms with Gasteiger partial charge < -0.3 is 4.74 Å². The Kier molecular flexibility index (Phi) is 2.80. The average molecular weight is 191 g/mol. The summed E-state index contributed by atoms with van der Waals surface area (Å²) in [4.78, 5) is 0. The predicted molar refractivity (Wildman–Crippen MR) is 50.6 cm³/mol. The minimum absolute atomic E-state index is 0.358. The first-order chi connectivity index (χ1) is 6.90. The topological polar surface area (TPSA) is 50.8 Å². The van der Waals surface area contributed by atoms with Crippen molar-refractivity contribution >= 4 is 0 Å². The van der Waals surface area contributed by atoms with Crippen molar-refractivity contribution in [1.29, 1.82) is 5.26 Å². The van der Waals surface area contributed by atoms with E-state index in [1.54, 1.807) is 6.20 Å². The van der Waals surface area contributed by atoms with E-state index in [1.807, 2.05) is 10.9 Å². The highest BCUT2D eigenvalue weighted by atomic mass is 16.5. The molecule has 1 aliphatic heterocycles. The summed E-state index contributed by atoms with van der Waals surface area (Å²) in [5.74, 6) is 0. The summed E-state index contributed by atoms with van der Waals surface area (Å²) < 4.78 is 7.30. The van der Waals surface area contributed by atoms with Crippen LogP contribution in [-0.2, 0) is 11.2 Å². The number of hydrogen-bond donors (Lipinski definition) is 0. The molecule has 0 amide bonds. The van der Waals surface area contributed by atoms with Crippen LogP contribution in [0.5, 0.6) is 0 Å². The van der Waals surface area contributed by atoms with E-state index in [-0.39, 0.29) is 0 Å². The van der Waals surface area contributed by atoms with Gasteiger partial charge in [0.15, 0.2) is 0 Å². The maximum atomic E-state index is 8.53. The lowest BCUT2D eigenvalue weighted by molar-refractivity contribution is 0.0549. The Morgan fingerprint density at radius 1 is 1.71 bits per heavy atom. The largest absolute Gasteiger partial charge is 0.379 e. The molecular weight excluding hydrogens is 178 g/mol. The molecule has 1 saturated heterocycles. The predicted octanol–water partition coefficient (Wildman–Crippen LogP) is 1.30. The van der Waals surface area contributed by atoms with Crippen molar-refractivity contribution in [2.75, 3.05) is 13.2 Å². The molecule has 2 heterocycles. The molecule has 0 aliphatic carbocycles. The number of nitrogens with zero attached hydrogens (tertiary/aromatic N) is 3. The molecule has 1 aromatic heterocycles. The van der Waals surface area contributed by atoms with Crippen LogP contribution in [0.2, 0.25) is 0 Å². The van der Waals surface area contributed by atoms with Gasteiger partial charge in [-0.1, -0.05) is 0 Å². The van der Waals surface area contributed by atoms with E-state index in [0.29, 0.717) is 12.5 Å². The van der Waals surface area contributed by atoms with Crippen molar-refractivity contribution in [1.82, 2.24) is 9.78 Å². The van der Waals surface area contributed by atoms with Gasteiger partial charge in [0.05, 0.1) is 31.3 Å². The van der Waals surface area contributed by atoms with E-state index in [9.17, 15) is 0 Å². The van der Waals surface area contributed by atoms with Crippen LogP contribution in [0.1, 0.15) is 24.4 Å². The molecule has 14 heavy (non-hydrogen) atoms. The standard InChI is InChI=1S/C10H13N3O/c11-4-3-9-6-12-13(7-9)10-2-1-5-14-8-10/h6-7,10H,1-3,5,8H2. The van der Waals surface area contributed by atoms with E-state index in [4.69, 9.17) is 10.00 Å². The molecule has 2 rings (SSSR count). The normalized spacial score (nSPS) is 21.8. The third-order valence-electron chi connectivity index (χ3n) is 2.45.